The van der Waals surface area contributed by atoms with Crippen molar-refractivity contribution >= 4 is 11.7 Å². The molecule has 0 radical (unpaired) electrons. The van der Waals surface area contributed by atoms with E-state index in [0.29, 0.717) is 17.7 Å². The highest BCUT2D eigenvalue weighted by atomic mass is 16.2. The van der Waals surface area contributed by atoms with Crippen LogP contribution >= 0.6 is 0 Å². The number of amides is 1. The third-order valence-corrected chi connectivity index (χ3v) is 4.95. The normalized spacial score (nSPS) is 17.0. The fraction of sp³-hybridized carbons (Fsp3) is 0.474. The van der Waals surface area contributed by atoms with Gasteiger partial charge in [0.15, 0.2) is 0 Å². The number of piperidine rings is 1. The van der Waals surface area contributed by atoms with Crippen molar-refractivity contribution in [1.82, 2.24) is 19.7 Å². The Morgan fingerprint density at radius 3 is 2.85 bits per heavy atom. The van der Waals surface area contributed by atoms with Crippen molar-refractivity contribution in [2.24, 2.45) is 7.05 Å². The molecule has 0 spiro atoms. The third-order valence-electron chi connectivity index (χ3n) is 4.95. The Morgan fingerprint density at radius 2 is 2.19 bits per heavy atom. The predicted octanol–water partition coefficient (Wildman–Crippen LogP) is 2.04. The number of likely N-dealkylation sites (N-methyl/N-ethyl adjacent to an activating group) is 1. The molecule has 0 N–H and O–H groups in total. The predicted molar refractivity (Wildman–Crippen MR) is 99.0 cm³/mol. The number of aromatic nitrogens is 3. The van der Waals surface area contributed by atoms with Crippen LogP contribution in [0.25, 0.3) is 0 Å². The van der Waals surface area contributed by atoms with Crippen molar-refractivity contribution in [3.8, 4) is 6.07 Å². The molecule has 2 aromatic heterocycles. The minimum Gasteiger partial charge on any atom is -0.353 e. The Balaban J connectivity index is 1.82. The summed E-state index contributed by atoms with van der Waals surface area (Å²) in [5, 5.41) is 13.6. The molecule has 7 nitrogen and oxygen atoms in total. The largest absolute Gasteiger partial charge is 0.353 e. The van der Waals surface area contributed by atoms with Gasteiger partial charge < -0.3 is 9.80 Å². The SMILES string of the molecule is Cc1cc(C)c(C#N)c(N2CCCC(N(C)C(=O)c3cnn(C)c3)C2)n1. The first-order valence-corrected chi connectivity index (χ1v) is 8.79. The Labute approximate surface area is 153 Å². The first kappa shape index (κ1) is 17.9. The highest BCUT2D eigenvalue weighted by Crippen LogP contribution is 2.26. The molecule has 136 valence electrons. The van der Waals surface area contributed by atoms with Crippen LogP contribution in [-0.2, 0) is 7.05 Å². The fourth-order valence-corrected chi connectivity index (χ4v) is 3.55. The van der Waals surface area contributed by atoms with Gasteiger partial charge in [-0.1, -0.05) is 0 Å². The summed E-state index contributed by atoms with van der Waals surface area (Å²) in [6, 6.07) is 4.29. The van der Waals surface area contributed by atoms with Crippen LogP contribution in [0.5, 0.6) is 0 Å². The molecule has 1 aliphatic rings. The van der Waals surface area contributed by atoms with Crippen molar-refractivity contribution in [1.29, 1.82) is 5.26 Å². The molecule has 1 fully saturated rings. The summed E-state index contributed by atoms with van der Waals surface area (Å²) in [6.45, 7) is 5.40. The molecule has 0 aliphatic carbocycles. The molecular formula is C19H24N6O. The fourth-order valence-electron chi connectivity index (χ4n) is 3.55. The number of nitriles is 1. The Kier molecular flexibility index (Phi) is 4.94. The lowest BCUT2D eigenvalue weighted by Crippen LogP contribution is -2.49. The van der Waals surface area contributed by atoms with Crippen LogP contribution in [0.15, 0.2) is 18.5 Å². The van der Waals surface area contributed by atoms with E-state index in [4.69, 9.17) is 0 Å². The molecule has 0 aromatic carbocycles. The van der Waals surface area contributed by atoms with Gasteiger partial charge in [-0.15, -0.1) is 0 Å². The van der Waals surface area contributed by atoms with Gasteiger partial charge in [-0.05, 0) is 38.3 Å². The molecule has 1 saturated heterocycles. The molecule has 3 rings (SSSR count). The van der Waals surface area contributed by atoms with E-state index >= 15 is 0 Å². The third kappa shape index (κ3) is 3.40. The second kappa shape index (κ2) is 7.16. The van der Waals surface area contributed by atoms with Gasteiger partial charge in [-0.25, -0.2) is 4.98 Å². The molecule has 0 bridgehead atoms. The number of nitrogens with zero attached hydrogens (tertiary/aromatic N) is 6. The first-order chi connectivity index (χ1) is 12.4. The summed E-state index contributed by atoms with van der Waals surface area (Å²) in [7, 11) is 3.64. The molecule has 26 heavy (non-hydrogen) atoms. The average Bonchev–Trinajstić information content (AvgIpc) is 3.06. The van der Waals surface area contributed by atoms with E-state index < -0.39 is 0 Å². The van der Waals surface area contributed by atoms with Crippen LogP contribution in [0.4, 0.5) is 5.82 Å². The lowest BCUT2D eigenvalue weighted by molar-refractivity contribution is 0.0717. The molecule has 2 aromatic rings. The number of carbonyl (C=O) groups is 1. The minimum atomic E-state index is -0.0289. The zero-order valence-electron chi connectivity index (χ0n) is 15.7. The van der Waals surface area contributed by atoms with E-state index in [1.165, 1.54) is 0 Å². The van der Waals surface area contributed by atoms with E-state index in [1.54, 1.807) is 29.0 Å². The molecule has 1 atom stereocenters. The summed E-state index contributed by atoms with van der Waals surface area (Å²) in [6.07, 6.45) is 5.22. The van der Waals surface area contributed by atoms with Gasteiger partial charge in [0.25, 0.3) is 5.91 Å². The summed E-state index contributed by atoms with van der Waals surface area (Å²) in [4.78, 5) is 21.3. The second-order valence-corrected chi connectivity index (χ2v) is 6.95. The maximum Gasteiger partial charge on any atom is 0.257 e. The number of aryl methyl sites for hydroxylation is 3. The number of pyridine rings is 1. The van der Waals surface area contributed by atoms with Crippen molar-refractivity contribution in [2.75, 3.05) is 25.0 Å². The van der Waals surface area contributed by atoms with Gasteiger partial charge in [-0.2, -0.15) is 10.4 Å². The monoisotopic (exact) mass is 352 g/mol. The van der Waals surface area contributed by atoms with Crippen LogP contribution in [-0.4, -0.2) is 51.8 Å². The summed E-state index contributed by atoms with van der Waals surface area (Å²) in [5.41, 5.74) is 3.06. The summed E-state index contributed by atoms with van der Waals surface area (Å²) < 4.78 is 1.63. The second-order valence-electron chi connectivity index (χ2n) is 6.95. The van der Waals surface area contributed by atoms with Crippen LogP contribution < -0.4 is 4.90 Å². The maximum atomic E-state index is 12.7. The first-order valence-electron chi connectivity index (χ1n) is 8.79. The zero-order chi connectivity index (χ0) is 18.8. The Morgan fingerprint density at radius 1 is 1.42 bits per heavy atom. The van der Waals surface area contributed by atoms with Gasteiger partial charge in [0, 0.05) is 45.1 Å². The standard InChI is InChI=1S/C19H24N6O/c1-13-8-14(2)22-18(17(13)9-20)25-7-5-6-16(12-25)24(4)19(26)15-10-21-23(3)11-15/h8,10-11,16H,5-7,12H2,1-4H3. The Bertz CT molecular complexity index is 865. The Hall–Kier alpha value is -2.88. The van der Waals surface area contributed by atoms with Crippen LogP contribution in [0.3, 0.4) is 0 Å². The number of anilines is 1. The molecule has 3 heterocycles. The van der Waals surface area contributed by atoms with E-state index in [2.05, 4.69) is 21.1 Å². The van der Waals surface area contributed by atoms with Crippen LogP contribution in [0, 0.1) is 25.2 Å². The van der Waals surface area contributed by atoms with E-state index in [9.17, 15) is 10.1 Å². The van der Waals surface area contributed by atoms with E-state index in [-0.39, 0.29) is 11.9 Å². The van der Waals surface area contributed by atoms with Gasteiger partial charge in [0.1, 0.15) is 11.9 Å². The van der Waals surface area contributed by atoms with Crippen molar-refractivity contribution in [3.05, 3.63) is 40.8 Å². The quantitative estimate of drug-likeness (QED) is 0.845. The lowest BCUT2D eigenvalue weighted by Gasteiger charge is -2.38. The molecule has 0 saturated carbocycles. The minimum absolute atomic E-state index is 0.0289. The zero-order valence-corrected chi connectivity index (χ0v) is 15.7. The topological polar surface area (TPSA) is 78.0 Å². The van der Waals surface area contributed by atoms with Crippen LogP contribution in [0.1, 0.15) is 40.0 Å². The highest BCUT2D eigenvalue weighted by Gasteiger charge is 2.29. The smallest absolute Gasteiger partial charge is 0.257 e. The van der Waals surface area contributed by atoms with Gasteiger partial charge in [0.05, 0.1) is 17.3 Å². The van der Waals surface area contributed by atoms with Crippen molar-refractivity contribution < 1.29 is 4.79 Å². The summed E-state index contributed by atoms with van der Waals surface area (Å²) in [5.74, 6) is 0.704. The van der Waals surface area contributed by atoms with E-state index in [0.717, 1.165) is 36.5 Å². The van der Waals surface area contributed by atoms with Crippen molar-refractivity contribution in [2.45, 2.75) is 32.7 Å². The number of hydrogen-bond donors (Lipinski definition) is 0. The maximum absolute atomic E-state index is 12.7. The average molecular weight is 352 g/mol. The molecule has 1 aliphatic heterocycles. The van der Waals surface area contributed by atoms with Crippen molar-refractivity contribution in [3.63, 3.8) is 0 Å². The van der Waals surface area contributed by atoms with Crippen LogP contribution in [0.2, 0.25) is 0 Å². The molecule has 1 unspecified atom stereocenters. The summed E-state index contributed by atoms with van der Waals surface area (Å²) >= 11 is 0. The van der Waals surface area contributed by atoms with Gasteiger partial charge in [-0.3, -0.25) is 9.48 Å². The molecule has 1 amide bonds. The van der Waals surface area contributed by atoms with Gasteiger partial charge >= 0.3 is 0 Å². The van der Waals surface area contributed by atoms with E-state index in [1.807, 2.05) is 27.0 Å². The molecule has 7 heteroatoms. The number of carbonyl (C=O) groups excluding carboxylic acids is 1. The number of rotatable bonds is 3. The number of hydrogen-bond acceptors (Lipinski definition) is 5. The van der Waals surface area contributed by atoms with Gasteiger partial charge in [0.2, 0.25) is 0 Å². The lowest BCUT2D eigenvalue weighted by atomic mass is 10.0. The highest BCUT2D eigenvalue weighted by molar-refractivity contribution is 5.93. The molecular weight excluding hydrogens is 328 g/mol.